The lowest BCUT2D eigenvalue weighted by molar-refractivity contribution is 0.0748. The van der Waals surface area contributed by atoms with Gasteiger partial charge < -0.3 is 10.2 Å². The highest BCUT2D eigenvalue weighted by atomic mass is 35.5. The summed E-state index contributed by atoms with van der Waals surface area (Å²) in [6.45, 7) is 3.97. The lowest BCUT2D eigenvalue weighted by Crippen LogP contribution is -2.37. The van der Waals surface area contributed by atoms with Gasteiger partial charge in [0.25, 0.3) is 5.91 Å². The van der Waals surface area contributed by atoms with Gasteiger partial charge in [0.2, 0.25) is 0 Å². The van der Waals surface area contributed by atoms with Crippen LogP contribution in [0.3, 0.4) is 0 Å². The number of amides is 1. The highest BCUT2D eigenvalue weighted by molar-refractivity contribution is 7.13. The smallest absolute Gasteiger partial charge is 0.263 e. The monoisotopic (exact) mass is 260 g/mol. The first kappa shape index (κ1) is 13.5. The molecule has 2 rings (SSSR count). The zero-order valence-corrected chi connectivity index (χ0v) is 11.2. The minimum Gasteiger partial charge on any atom is -0.337 e. The van der Waals surface area contributed by atoms with Crippen molar-refractivity contribution in [3.05, 3.63) is 21.9 Å². The third-order valence-electron chi connectivity index (χ3n) is 2.85. The number of halogens is 1. The molecule has 0 bridgehead atoms. The van der Waals surface area contributed by atoms with E-state index in [0.717, 1.165) is 24.4 Å². The molecule has 0 spiro atoms. The summed E-state index contributed by atoms with van der Waals surface area (Å²) in [6, 6.07) is 4.28. The van der Waals surface area contributed by atoms with Crippen LogP contribution >= 0.6 is 23.7 Å². The topological polar surface area (TPSA) is 32.3 Å². The summed E-state index contributed by atoms with van der Waals surface area (Å²) in [5.74, 6) is 0.154. The van der Waals surface area contributed by atoms with Gasteiger partial charge in [0.05, 0.1) is 4.88 Å². The molecule has 0 aromatic carbocycles. The summed E-state index contributed by atoms with van der Waals surface area (Å²) in [7, 11) is 1.90. The summed E-state index contributed by atoms with van der Waals surface area (Å²) in [4.78, 5) is 16.0. The Kier molecular flexibility index (Phi) is 4.77. The Balaban J connectivity index is 0.00000128. The first-order valence-corrected chi connectivity index (χ1v) is 6.04. The van der Waals surface area contributed by atoms with Crippen molar-refractivity contribution in [1.82, 2.24) is 10.2 Å². The molecule has 1 aromatic rings. The molecule has 5 heteroatoms. The summed E-state index contributed by atoms with van der Waals surface area (Å²) in [5.41, 5.74) is 0. The third kappa shape index (κ3) is 2.75. The molecule has 1 atom stereocenters. The Hall–Kier alpha value is -0.580. The van der Waals surface area contributed by atoms with E-state index in [1.165, 1.54) is 4.88 Å². The fraction of sp³-hybridized carbons (Fsp3) is 0.545. The second-order valence-electron chi connectivity index (χ2n) is 3.97. The van der Waals surface area contributed by atoms with E-state index in [9.17, 15) is 4.79 Å². The van der Waals surface area contributed by atoms with E-state index in [-0.39, 0.29) is 18.3 Å². The van der Waals surface area contributed by atoms with Crippen LogP contribution < -0.4 is 5.32 Å². The minimum absolute atomic E-state index is 0. The van der Waals surface area contributed by atoms with Gasteiger partial charge >= 0.3 is 0 Å². The van der Waals surface area contributed by atoms with E-state index < -0.39 is 0 Å². The molecular formula is C11H17ClN2OS. The number of likely N-dealkylation sites (N-methyl/N-ethyl adjacent to an activating group) is 1. The van der Waals surface area contributed by atoms with Gasteiger partial charge in [0, 0.05) is 24.5 Å². The molecular weight excluding hydrogens is 244 g/mol. The number of aryl methyl sites for hydroxylation is 1. The Morgan fingerprint density at radius 2 is 2.31 bits per heavy atom. The number of nitrogens with zero attached hydrogens (tertiary/aromatic N) is 1. The van der Waals surface area contributed by atoms with Gasteiger partial charge in [-0.3, -0.25) is 4.79 Å². The summed E-state index contributed by atoms with van der Waals surface area (Å²) in [6.07, 6.45) is 1.06. The van der Waals surface area contributed by atoms with E-state index in [1.54, 1.807) is 11.3 Å². The summed E-state index contributed by atoms with van der Waals surface area (Å²) < 4.78 is 0. The lowest BCUT2D eigenvalue weighted by atomic mass is 10.2. The Bertz CT molecular complexity index is 361. The van der Waals surface area contributed by atoms with Crippen LogP contribution in [0.1, 0.15) is 21.0 Å². The maximum absolute atomic E-state index is 12.1. The molecule has 1 fully saturated rings. The van der Waals surface area contributed by atoms with E-state index in [0.29, 0.717) is 6.04 Å². The van der Waals surface area contributed by atoms with Gasteiger partial charge in [-0.15, -0.1) is 23.7 Å². The van der Waals surface area contributed by atoms with Crippen LogP contribution in [0.15, 0.2) is 12.1 Å². The average Bonchev–Trinajstić information content (AvgIpc) is 2.85. The van der Waals surface area contributed by atoms with Crippen molar-refractivity contribution in [2.75, 3.05) is 20.1 Å². The van der Waals surface area contributed by atoms with Crippen molar-refractivity contribution in [3.63, 3.8) is 0 Å². The van der Waals surface area contributed by atoms with Gasteiger partial charge in [0.15, 0.2) is 0 Å². The van der Waals surface area contributed by atoms with Crippen molar-refractivity contribution >= 4 is 29.7 Å². The van der Waals surface area contributed by atoms with Crippen molar-refractivity contribution < 1.29 is 4.79 Å². The number of hydrogen-bond acceptors (Lipinski definition) is 3. The van der Waals surface area contributed by atoms with Gasteiger partial charge in [-0.05, 0) is 32.0 Å². The van der Waals surface area contributed by atoms with Gasteiger partial charge in [0.1, 0.15) is 0 Å². The van der Waals surface area contributed by atoms with Crippen LogP contribution in [0, 0.1) is 6.92 Å². The van der Waals surface area contributed by atoms with E-state index in [2.05, 4.69) is 5.32 Å². The number of carbonyl (C=O) groups excluding carboxylic acids is 1. The first-order valence-electron chi connectivity index (χ1n) is 5.23. The van der Waals surface area contributed by atoms with Gasteiger partial charge in [-0.2, -0.15) is 0 Å². The predicted octanol–water partition coefficient (Wildman–Crippen LogP) is 1.91. The minimum atomic E-state index is 0. The summed E-state index contributed by atoms with van der Waals surface area (Å²) >= 11 is 1.57. The van der Waals surface area contributed by atoms with Crippen molar-refractivity contribution in [2.24, 2.45) is 0 Å². The third-order valence-corrected chi connectivity index (χ3v) is 3.84. The SMILES string of the molecule is Cc1ccc(C(=O)N(C)C2CCNC2)s1.Cl. The van der Waals surface area contributed by atoms with Crippen LogP contribution in [0.2, 0.25) is 0 Å². The molecule has 16 heavy (non-hydrogen) atoms. The molecule has 1 aromatic heterocycles. The molecule has 0 radical (unpaired) electrons. The largest absolute Gasteiger partial charge is 0.337 e. The molecule has 90 valence electrons. The Morgan fingerprint density at radius 3 is 2.81 bits per heavy atom. The fourth-order valence-corrected chi connectivity index (χ4v) is 2.71. The van der Waals surface area contributed by atoms with E-state index in [1.807, 2.05) is 31.0 Å². The Labute approximate surface area is 106 Å². The molecule has 0 aliphatic carbocycles. The van der Waals surface area contributed by atoms with Crippen LogP contribution in [0.4, 0.5) is 0 Å². The molecule has 1 aliphatic rings. The molecule has 3 nitrogen and oxygen atoms in total. The van der Waals surface area contributed by atoms with Crippen molar-refractivity contribution in [1.29, 1.82) is 0 Å². The molecule has 0 saturated carbocycles. The molecule has 1 aliphatic heterocycles. The first-order chi connectivity index (χ1) is 7.18. The number of hydrogen-bond donors (Lipinski definition) is 1. The molecule has 2 heterocycles. The second-order valence-corrected chi connectivity index (χ2v) is 5.26. The molecule has 1 saturated heterocycles. The fourth-order valence-electron chi connectivity index (χ4n) is 1.86. The lowest BCUT2D eigenvalue weighted by Gasteiger charge is -2.22. The normalized spacial score (nSPS) is 19.2. The van der Waals surface area contributed by atoms with Crippen LogP contribution in [0.5, 0.6) is 0 Å². The Morgan fingerprint density at radius 1 is 1.56 bits per heavy atom. The predicted molar refractivity (Wildman–Crippen MR) is 69.7 cm³/mol. The number of nitrogens with one attached hydrogen (secondary N) is 1. The maximum Gasteiger partial charge on any atom is 0.263 e. The molecule has 1 unspecified atom stereocenters. The van der Waals surface area contributed by atoms with Gasteiger partial charge in [-0.25, -0.2) is 0 Å². The second kappa shape index (κ2) is 5.66. The number of thiophene rings is 1. The van der Waals surface area contributed by atoms with Crippen LogP contribution in [-0.2, 0) is 0 Å². The van der Waals surface area contributed by atoms with E-state index >= 15 is 0 Å². The zero-order chi connectivity index (χ0) is 10.8. The molecule has 1 N–H and O–H groups in total. The van der Waals surface area contributed by atoms with Gasteiger partial charge in [-0.1, -0.05) is 0 Å². The van der Waals surface area contributed by atoms with Crippen LogP contribution in [0.25, 0.3) is 0 Å². The number of carbonyl (C=O) groups is 1. The standard InChI is InChI=1S/C11H16N2OS.ClH/c1-8-3-4-10(15-8)11(14)13(2)9-5-6-12-7-9;/h3-4,9,12H,5-7H2,1-2H3;1H. The maximum atomic E-state index is 12.1. The highest BCUT2D eigenvalue weighted by Gasteiger charge is 2.24. The quantitative estimate of drug-likeness (QED) is 0.881. The zero-order valence-electron chi connectivity index (χ0n) is 9.53. The van der Waals surface area contributed by atoms with Crippen molar-refractivity contribution in [2.45, 2.75) is 19.4 Å². The van der Waals surface area contributed by atoms with Crippen LogP contribution in [-0.4, -0.2) is 37.0 Å². The molecule has 1 amide bonds. The highest BCUT2D eigenvalue weighted by Crippen LogP contribution is 2.18. The average molecular weight is 261 g/mol. The van der Waals surface area contributed by atoms with Crippen molar-refractivity contribution in [3.8, 4) is 0 Å². The van der Waals surface area contributed by atoms with E-state index in [4.69, 9.17) is 0 Å². The number of rotatable bonds is 2. The summed E-state index contributed by atoms with van der Waals surface area (Å²) in [5, 5.41) is 3.27.